The Bertz CT molecular complexity index is 868. The summed E-state index contributed by atoms with van der Waals surface area (Å²) in [5, 5.41) is 0. The van der Waals surface area contributed by atoms with Gasteiger partial charge >= 0.3 is 0 Å². The molecule has 25 heavy (non-hydrogen) atoms. The van der Waals surface area contributed by atoms with Gasteiger partial charge in [-0.2, -0.15) is 0 Å². The predicted octanol–water partition coefficient (Wildman–Crippen LogP) is 5.92. The first kappa shape index (κ1) is 17.2. The molecule has 0 aliphatic rings. The third-order valence-electron chi connectivity index (χ3n) is 3.66. The van der Waals surface area contributed by atoms with Gasteiger partial charge in [-0.25, -0.2) is 0 Å². The highest BCUT2D eigenvalue weighted by atomic mass is 79.9. The molecule has 0 unspecified atom stereocenters. The summed E-state index contributed by atoms with van der Waals surface area (Å²) < 4.78 is 6.77. The molecule has 0 aliphatic heterocycles. The number of benzene rings is 3. The summed E-state index contributed by atoms with van der Waals surface area (Å²) in [5.74, 6) is 0.755. The quantitative estimate of drug-likeness (QED) is 0.384. The van der Waals surface area contributed by atoms with E-state index in [4.69, 9.17) is 4.74 Å². The number of hydrogen-bond donors (Lipinski definition) is 0. The van der Waals surface area contributed by atoms with Crippen molar-refractivity contribution in [2.45, 2.75) is 6.61 Å². The average molecular weight is 393 g/mol. The minimum absolute atomic E-state index is 0.0249. The highest BCUT2D eigenvalue weighted by molar-refractivity contribution is 9.10. The van der Waals surface area contributed by atoms with E-state index in [2.05, 4.69) is 15.9 Å². The molecule has 0 bridgehead atoms. The van der Waals surface area contributed by atoms with Crippen LogP contribution < -0.4 is 4.74 Å². The van der Waals surface area contributed by atoms with Crippen LogP contribution in [0.5, 0.6) is 5.75 Å². The van der Waals surface area contributed by atoms with E-state index < -0.39 is 0 Å². The van der Waals surface area contributed by atoms with Crippen LogP contribution >= 0.6 is 15.9 Å². The Labute approximate surface area is 155 Å². The van der Waals surface area contributed by atoms with Crippen LogP contribution in [0.1, 0.15) is 21.5 Å². The Morgan fingerprint density at radius 3 is 2.44 bits per heavy atom. The fourth-order valence-corrected chi connectivity index (χ4v) is 2.60. The van der Waals surface area contributed by atoms with Gasteiger partial charge in [-0.1, -0.05) is 64.5 Å². The molecule has 0 radical (unpaired) electrons. The molecule has 3 heteroatoms. The molecule has 0 fully saturated rings. The van der Waals surface area contributed by atoms with Gasteiger partial charge in [-0.3, -0.25) is 4.79 Å². The van der Waals surface area contributed by atoms with Gasteiger partial charge in [-0.05, 0) is 53.6 Å². The third kappa shape index (κ3) is 5.16. The zero-order chi connectivity index (χ0) is 17.5. The summed E-state index contributed by atoms with van der Waals surface area (Å²) in [6, 6.07) is 25.1. The lowest BCUT2D eigenvalue weighted by molar-refractivity contribution is 0.104. The van der Waals surface area contributed by atoms with Crippen LogP contribution in [0, 0.1) is 0 Å². The van der Waals surface area contributed by atoms with Crippen molar-refractivity contribution in [3.05, 3.63) is 106 Å². The Kier molecular flexibility index (Phi) is 5.81. The molecule has 3 aromatic rings. The van der Waals surface area contributed by atoms with Gasteiger partial charge in [0.25, 0.3) is 0 Å². The minimum Gasteiger partial charge on any atom is -0.489 e. The summed E-state index contributed by atoms with van der Waals surface area (Å²) >= 11 is 3.37. The molecule has 0 saturated carbocycles. The number of allylic oxidation sites excluding steroid dienone is 1. The smallest absolute Gasteiger partial charge is 0.185 e. The molecule has 3 rings (SSSR count). The molecule has 0 atom stereocenters. The molecule has 2 nitrogen and oxygen atoms in total. The van der Waals surface area contributed by atoms with E-state index in [0.717, 1.165) is 21.3 Å². The first-order valence-corrected chi connectivity index (χ1v) is 8.75. The Hall–Kier alpha value is -2.65. The van der Waals surface area contributed by atoms with Crippen LogP contribution in [0.2, 0.25) is 0 Å². The predicted molar refractivity (Wildman–Crippen MR) is 105 cm³/mol. The van der Waals surface area contributed by atoms with Gasteiger partial charge in [0.15, 0.2) is 5.78 Å². The molecule has 0 spiro atoms. The Morgan fingerprint density at radius 2 is 1.68 bits per heavy atom. The van der Waals surface area contributed by atoms with Crippen molar-refractivity contribution in [2.24, 2.45) is 0 Å². The number of ether oxygens (including phenoxy) is 1. The number of rotatable bonds is 6. The van der Waals surface area contributed by atoms with Crippen molar-refractivity contribution in [1.29, 1.82) is 0 Å². The van der Waals surface area contributed by atoms with E-state index in [1.165, 1.54) is 0 Å². The van der Waals surface area contributed by atoms with Crippen molar-refractivity contribution in [3.63, 3.8) is 0 Å². The van der Waals surface area contributed by atoms with Crippen molar-refractivity contribution < 1.29 is 9.53 Å². The van der Waals surface area contributed by atoms with Gasteiger partial charge in [-0.15, -0.1) is 0 Å². The van der Waals surface area contributed by atoms with Crippen LogP contribution in [0.25, 0.3) is 6.08 Å². The molecule has 0 saturated heterocycles. The largest absolute Gasteiger partial charge is 0.489 e. The summed E-state index contributed by atoms with van der Waals surface area (Å²) in [4.78, 5) is 12.2. The van der Waals surface area contributed by atoms with E-state index in [1.54, 1.807) is 24.3 Å². The van der Waals surface area contributed by atoms with Crippen LogP contribution in [0.15, 0.2) is 89.4 Å². The molecule has 0 aromatic heterocycles. The summed E-state index contributed by atoms with van der Waals surface area (Å²) in [5.41, 5.74) is 2.71. The number of carbonyl (C=O) groups is 1. The highest BCUT2D eigenvalue weighted by Gasteiger charge is 2.01. The number of carbonyl (C=O) groups excluding carboxylic acids is 1. The topological polar surface area (TPSA) is 26.3 Å². The molecular weight excluding hydrogens is 376 g/mol. The number of hydrogen-bond acceptors (Lipinski definition) is 2. The molecular formula is C22H17BrO2. The van der Waals surface area contributed by atoms with E-state index in [1.807, 2.05) is 66.7 Å². The lowest BCUT2D eigenvalue weighted by Gasteiger charge is -2.06. The van der Waals surface area contributed by atoms with Crippen molar-refractivity contribution in [1.82, 2.24) is 0 Å². The van der Waals surface area contributed by atoms with Crippen LogP contribution in [0.3, 0.4) is 0 Å². The van der Waals surface area contributed by atoms with Crippen LogP contribution in [-0.4, -0.2) is 5.78 Å². The maximum atomic E-state index is 12.2. The van der Waals surface area contributed by atoms with Crippen LogP contribution in [-0.2, 0) is 6.61 Å². The standard InChI is InChI=1S/C22H17BrO2/c23-20-12-10-19(11-13-20)22(24)14-9-17-7-4-8-21(15-17)25-16-18-5-2-1-3-6-18/h1-15H,16H2. The number of ketones is 1. The monoisotopic (exact) mass is 392 g/mol. The lowest BCUT2D eigenvalue weighted by atomic mass is 10.1. The van der Waals surface area contributed by atoms with Crippen LogP contribution in [0.4, 0.5) is 0 Å². The first-order chi connectivity index (χ1) is 12.2. The van der Waals surface area contributed by atoms with E-state index >= 15 is 0 Å². The molecule has 0 N–H and O–H groups in total. The van der Waals surface area contributed by atoms with E-state index in [0.29, 0.717) is 12.2 Å². The van der Waals surface area contributed by atoms with Gasteiger partial charge in [0.2, 0.25) is 0 Å². The van der Waals surface area contributed by atoms with Crippen molar-refractivity contribution in [2.75, 3.05) is 0 Å². The minimum atomic E-state index is -0.0249. The van der Waals surface area contributed by atoms with Gasteiger partial charge in [0.1, 0.15) is 12.4 Å². The summed E-state index contributed by atoms with van der Waals surface area (Å²) in [7, 11) is 0. The molecule has 0 amide bonds. The zero-order valence-corrected chi connectivity index (χ0v) is 15.1. The first-order valence-electron chi connectivity index (χ1n) is 7.95. The Balaban J connectivity index is 1.64. The molecule has 0 heterocycles. The average Bonchev–Trinajstić information content (AvgIpc) is 2.66. The summed E-state index contributed by atoms with van der Waals surface area (Å²) in [6.45, 7) is 0.520. The normalized spacial score (nSPS) is 10.8. The van der Waals surface area contributed by atoms with Crippen molar-refractivity contribution >= 4 is 27.8 Å². The fourth-order valence-electron chi connectivity index (χ4n) is 2.33. The second kappa shape index (κ2) is 8.45. The fraction of sp³-hybridized carbons (Fsp3) is 0.0455. The van der Waals surface area contributed by atoms with E-state index in [9.17, 15) is 4.79 Å². The van der Waals surface area contributed by atoms with E-state index in [-0.39, 0.29) is 5.78 Å². The van der Waals surface area contributed by atoms with Gasteiger partial charge < -0.3 is 4.74 Å². The second-order valence-corrected chi connectivity index (χ2v) is 6.47. The molecule has 3 aromatic carbocycles. The third-order valence-corrected chi connectivity index (χ3v) is 4.19. The summed E-state index contributed by atoms with van der Waals surface area (Å²) in [6.07, 6.45) is 3.39. The highest BCUT2D eigenvalue weighted by Crippen LogP contribution is 2.17. The van der Waals surface area contributed by atoms with Gasteiger partial charge in [0, 0.05) is 10.0 Å². The lowest BCUT2D eigenvalue weighted by Crippen LogP contribution is -1.95. The molecule has 124 valence electrons. The maximum absolute atomic E-state index is 12.2. The SMILES string of the molecule is O=C(C=Cc1cccc(OCc2ccccc2)c1)c1ccc(Br)cc1. The molecule has 0 aliphatic carbocycles. The zero-order valence-electron chi connectivity index (χ0n) is 13.6. The maximum Gasteiger partial charge on any atom is 0.185 e. The Morgan fingerprint density at radius 1 is 0.920 bits per heavy atom. The van der Waals surface area contributed by atoms with Crippen molar-refractivity contribution in [3.8, 4) is 5.75 Å². The van der Waals surface area contributed by atoms with Gasteiger partial charge in [0.05, 0.1) is 0 Å². The number of halogens is 1. The second-order valence-electron chi connectivity index (χ2n) is 5.55.